The van der Waals surface area contributed by atoms with Gasteiger partial charge in [-0.25, -0.2) is 4.79 Å². The molecule has 2 aliphatic rings. The van der Waals surface area contributed by atoms with Gasteiger partial charge in [0.25, 0.3) is 0 Å². The van der Waals surface area contributed by atoms with E-state index in [1.165, 1.54) is 7.11 Å². The Kier molecular flexibility index (Phi) is 10.9. The molecule has 0 bridgehead atoms. The molecule has 0 N–H and O–H groups in total. The van der Waals surface area contributed by atoms with Crippen molar-refractivity contribution < 1.29 is 32.3 Å². The van der Waals surface area contributed by atoms with Gasteiger partial charge in [0.05, 0.1) is 31.1 Å². The number of carbonyl (C=O) groups is 1. The fourth-order valence-electron chi connectivity index (χ4n) is 4.68. The highest BCUT2D eigenvalue weighted by molar-refractivity contribution is 6.75. The van der Waals surface area contributed by atoms with Crippen LogP contribution in [0.25, 0.3) is 0 Å². The standard InChI is InChI=1S/C34H61NO7Si3/c1-32(2,3)43(11,12)40-25-20-26(35(31(36)37-10)22-24-17-18-27-28(19-24)39-23-38-27)30(42-45(15,16)34(7,8)9)29(21-25)41-44(13,14)33(4,5)6/h17-20,26,29-30H,21-23H2,1-16H3/t26?,29-,30+/m1/s1. The van der Waals surface area contributed by atoms with Crippen LogP contribution in [0, 0.1) is 0 Å². The Bertz CT molecular complexity index is 1240. The van der Waals surface area contributed by atoms with E-state index in [0.717, 1.165) is 11.3 Å². The Morgan fingerprint density at radius 2 is 1.36 bits per heavy atom. The van der Waals surface area contributed by atoms with Gasteiger partial charge in [0.1, 0.15) is 0 Å². The second-order valence-corrected chi connectivity index (χ2v) is 31.5. The first kappa shape index (κ1) is 37.7. The van der Waals surface area contributed by atoms with E-state index in [1.54, 1.807) is 4.90 Å². The summed E-state index contributed by atoms with van der Waals surface area (Å²) in [5, 5.41) is -0.0591. The summed E-state index contributed by atoms with van der Waals surface area (Å²) in [6.07, 6.45) is 1.55. The lowest BCUT2D eigenvalue weighted by Crippen LogP contribution is -2.60. The SMILES string of the molecule is COC(=O)N(Cc1ccc2c(c1)OCO2)C1C=C(O[Si](C)(C)C(C)(C)C)C[C@@H](O[Si](C)(C)C(C)(C)C)[C@H]1O[Si](C)(C)C(C)(C)C. The van der Waals surface area contributed by atoms with E-state index in [9.17, 15) is 4.79 Å². The Balaban J connectivity index is 2.22. The van der Waals surface area contributed by atoms with Crippen molar-refractivity contribution in [3.05, 3.63) is 35.6 Å². The number of ether oxygens (including phenoxy) is 3. The van der Waals surface area contributed by atoms with Gasteiger partial charge in [-0.2, -0.15) is 0 Å². The smallest absolute Gasteiger partial charge is 0.410 e. The number of benzene rings is 1. The van der Waals surface area contributed by atoms with Crippen molar-refractivity contribution in [2.45, 2.75) is 148 Å². The molecule has 0 fully saturated rings. The molecule has 0 spiro atoms. The third-order valence-corrected chi connectivity index (χ3v) is 24.1. The molecule has 1 aliphatic carbocycles. The second-order valence-electron chi connectivity index (χ2n) is 17.2. The maximum absolute atomic E-state index is 13.8. The first-order valence-electron chi connectivity index (χ1n) is 16.3. The van der Waals surface area contributed by atoms with E-state index in [4.69, 9.17) is 27.5 Å². The lowest BCUT2D eigenvalue weighted by molar-refractivity contribution is -0.0224. The zero-order chi connectivity index (χ0) is 34.4. The summed E-state index contributed by atoms with van der Waals surface area (Å²) in [4.78, 5) is 15.5. The van der Waals surface area contributed by atoms with Crippen LogP contribution in [0.15, 0.2) is 30.0 Å². The molecule has 3 atom stereocenters. The number of methoxy groups -OCH3 is 1. The summed E-state index contributed by atoms with van der Waals surface area (Å²) < 4.78 is 38.2. The quantitative estimate of drug-likeness (QED) is 0.241. The van der Waals surface area contributed by atoms with Crippen LogP contribution in [0.3, 0.4) is 0 Å². The molecule has 1 amide bonds. The predicted molar refractivity (Wildman–Crippen MR) is 189 cm³/mol. The Labute approximate surface area is 276 Å². The summed E-state index contributed by atoms with van der Waals surface area (Å²) in [6.45, 7) is 34.3. The van der Waals surface area contributed by atoms with E-state index < -0.39 is 43.2 Å². The molecule has 11 heteroatoms. The minimum absolute atomic E-state index is 0.00212. The number of rotatable bonds is 9. The number of hydrogen-bond acceptors (Lipinski definition) is 7. The number of fused-ring (bicyclic) bond motifs is 1. The summed E-state index contributed by atoms with van der Waals surface area (Å²) in [6, 6.07) is 5.31. The second kappa shape index (κ2) is 13.0. The normalized spacial score (nSPS) is 21.3. The molecule has 1 aromatic rings. The largest absolute Gasteiger partial charge is 0.547 e. The van der Waals surface area contributed by atoms with Crippen LogP contribution in [-0.2, 0) is 24.6 Å². The zero-order valence-corrected chi connectivity index (χ0v) is 34.0. The minimum Gasteiger partial charge on any atom is -0.547 e. The van der Waals surface area contributed by atoms with E-state index in [0.29, 0.717) is 24.5 Å². The van der Waals surface area contributed by atoms with Crippen LogP contribution in [-0.4, -0.2) is 68.1 Å². The fourth-order valence-corrected chi connectivity index (χ4v) is 8.45. The van der Waals surface area contributed by atoms with Gasteiger partial charge in [-0.05, 0) is 78.2 Å². The fraction of sp³-hybridized carbons (Fsp3) is 0.735. The number of nitrogens with zero attached hydrogens (tertiary/aromatic N) is 1. The van der Waals surface area contributed by atoms with E-state index in [-0.39, 0.29) is 28.0 Å². The number of hydrogen-bond donors (Lipinski definition) is 0. The maximum Gasteiger partial charge on any atom is 0.410 e. The molecule has 45 heavy (non-hydrogen) atoms. The average Bonchev–Trinajstić information content (AvgIpc) is 3.33. The molecule has 3 rings (SSSR count). The Morgan fingerprint density at radius 1 is 0.822 bits per heavy atom. The van der Waals surface area contributed by atoms with Gasteiger partial charge in [-0.1, -0.05) is 68.4 Å². The maximum atomic E-state index is 13.8. The Hall–Kier alpha value is -1.80. The van der Waals surface area contributed by atoms with Gasteiger partial charge in [0.15, 0.2) is 28.1 Å². The third kappa shape index (κ3) is 8.57. The van der Waals surface area contributed by atoms with Gasteiger partial charge in [-0.3, -0.25) is 4.90 Å². The van der Waals surface area contributed by atoms with Crippen LogP contribution in [0.2, 0.25) is 54.4 Å². The molecule has 0 saturated carbocycles. The molecule has 1 unspecified atom stereocenters. The zero-order valence-electron chi connectivity index (χ0n) is 31.0. The van der Waals surface area contributed by atoms with E-state index >= 15 is 0 Å². The van der Waals surface area contributed by atoms with Gasteiger partial charge in [-0.15, -0.1) is 0 Å². The molecular weight excluding hydrogens is 619 g/mol. The van der Waals surface area contributed by atoms with Crippen LogP contribution < -0.4 is 9.47 Å². The van der Waals surface area contributed by atoms with E-state index in [2.05, 4.69) is 108 Å². The van der Waals surface area contributed by atoms with Crippen LogP contribution in [0.4, 0.5) is 4.79 Å². The molecule has 1 aromatic carbocycles. The number of amides is 1. The minimum atomic E-state index is -2.33. The van der Waals surface area contributed by atoms with Crippen molar-refractivity contribution >= 4 is 31.0 Å². The first-order valence-corrected chi connectivity index (χ1v) is 25.0. The molecule has 1 heterocycles. The molecule has 0 radical (unpaired) electrons. The van der Waals surface area contributed by atoms with Gasteiger partial charge < -0.3 is 27.5 Å². The summed E-state index contributed by atoms with van der Waals surface area (Å²) >= 11 is 0. The highest BCUT2D eigenvalue weighted by Gasteiger charge is 2.51. The predicted octanol–water partition coefficient (Wildman–Crippen LogP) is 9.44. The molecule has 0 aromatic heterocycles. The molecule has 0 saturated heterocycles. The summed E-state index contributed by atoms with van der Waals surface area (Å²) in [5.74, 6) is 2.24. The summed E-state index contributed by atoms with van der Waals surface area (Å²) in [5.41, 5.74) is 0.906. The lowest BCUT2D eigenvalue weighted by atomic mass is 9.93. The monoisotopic (exact) mass is 679 g/mol. The highest BCUT2D eigenvalue weighted by atomic mass is 28.4. The highest BCUT2D eigenvalue weighted by Crippen LogP contribution is 2.46. The summed E-state index contributed by atoms with van der Waals surface area (Å²) in [7, 11) is -5.38. The van der Waals surface area contributed by atoms with Gasteiger partial charge in [0.2, 0.25) is 15.1 Å². The van der Waals surface area contributed by atoms with Crippen molar-refractivity contribution in [2.24, 2.45) is 0 Å². The first-order chi connectivity index (χ1) is 20.3. The molecule has 1 aliphatic heterocycles. The lowest BCUT2D eigenvalue weighted by Gasteiger charge is -2.50. The third-order valence-electron chi connectivity index (χ3n) is 10.7. The van der Waals surface area contributed by atoms with Gasteiger partial charge >= 0.3 is 6.09 Å². The van der Waals surface area contributed by atoms with Crippen molar-refractivity contribution in [3.63, 3.8) is 0 Å². The van der Waals surface area contributed by atoms with E-state index in [1.807, 2.05) is 18.2 Å². The average molecular weight is 680 g/mol. The van der Waals surface area contributed by atoms with Crippen LogP contribution >= 0.6 is 0 Å². The van der Waals surface area contributed by atoms with Crippen LogP contribution in [0.1, 0.15) is 74.3 Å². The topological polar surface area (TPSA) is 75.7 Å². The van der Waals surface area contributed by atoms with Crippen molar-refractivity contribution in [1.82, 2.24) is 4.90 Å². The van der Waals surface area contributed by atoms with Crippen molar-refractivity contribution in [1.29, 1.82) is 0 Å². The van der Waals surface area contributed by atoms with Gasteiger partial charge in [0, 0.05) is 13.0 Å². The van der Waals surface area contributed by atoms with Crippen molar-refractivity contribution in [3.8, 4) is 11.5 Å². The Morgan fingerprint density at radius 3 is 1.89 bits per heavy atom. The molecular formula is C34H61NO7Si3. The molecule has 8 nitrogen and oxygen atoms in total. The number of carbonyl (C=O) groups excluding carboxylic acids is 1. The van der Waals surface area contributed by atoms with Crippen molar-refractivity contribution in [2.75, 3.05) is 13.9 Å². The van der Waals surface area contributed by atoms with Crippen LogP contribution in [0.5, 0.6) is 11.5 Å². The molecule has 256 valence electrons.